The van der Waals surface area contributed by atoms with E-state index in [1.165, 1.54) is 31.5 Å². The molecule has 2 saturated heterocycles. The van der Waals surface area contributed by atoms with Gasteiger partial charge in [0.05, 0.1) is 0 Å². The van der Waals surface area contributed by atoms with E-state index in [-0.39, 0.29) is 11.8 Å². The number of hydrogen-bond acceptors (Lipinski definition) is 3. The average molecular weight is 363 g/mol. The summed E-state index contributed by atoms with van der Waals surface area (Å²) >= 11 is 0. The fourth-order valence-electron chi connectivity index (χ4n) is 3.81. The Morgan fingerprint density at radius 1 is 0.889 bits per heavy atom. The standard InChI is InChI=1S/C22H25N3O2/c26-21-4-3-15-25(21)20-11-9-19(10-12-20)23-22(27)18-7-5-17(6-8-18)16-24-13-1-2-14-24/h5-12H,1-4,13-16H2,(H,23,27). The van der Waals surface area contributed by atoms with Crippen LogP contribution < -0.4 is 10.2 Å². The topological polar surface area (TPSA) is 52.7 Å². The third kappa shape index (κ3) is 4.19. The summed E-state index contributed by atoms with van der Waals surface area (Å²) in [4.78, 5) is 28.5. The molecule has 5 heteroatoms. The first-order valence-electron chi connectivity index (χ1n) is 9.72. The highest BCUT2D eigenvalue weighted by Gasteiger charge is 2.21. The quantitative estimate of drug-likeness (QED) is 0.882. The van der Waals surface area contributed by atoms with Gasteiger partial charge in [0.25, 0.3) is 5.91 Å². The molecular formula is C22H25N3O2. The van der Waals surface area contributed by atoms with E-state index >= 15 is 0 Å². The van der Waals surface area contributed by atoms with Gasteiger partial charge in [0.2, 0.25) is 5.91 Å². The van der Waals surface area contributed by atoms with Crippen LogP contribution in [-0.4, -0.2) is 36.3 Å². The van der Waals surface area contributed by atoms with Gasteiger partial charge < -0.3 is 10.2 Å². The molecule has 0 bridgehead atoms. The minimum absolute atomic E-state index is 0.118. The van der Waals surface area contributed by atoms with Crippen LogP contribution in [0.4, 0.5) is 11.4 Å². The minimum atomic E-state index is -0.118. The van der Waals surface area contributed by atoms with Crippen LogP contribution in [0.1, 0.15) is 41.6 Å². The molecule has 27 heavy (non-hydrogen) atoms. The van der Waals surface area contributed by atoms with E-state index in [4.69, 9.17) is 0 Å². The average Bonchev–Trinajstić information content (AvgIpc) is 3.35. The molecule has 2 heterocycles. The van der Waals surface area contributed by atoms with Crippen LogP contribution in [0, 0.1) is 0 Å². The highest BCUT2D eigenvalue weighted by molar-refractivity contribution is 6.04. The number of nitrogens with zero attached hydrogens (tertiary/aromatic N) is 2. The number of carbonyl (C=O) groups excluding carboxylic acids is 2. The van der Waals surface area contributed by atoms with Gasteiger partial charge in [0.1, 0.15) is 0 Å². The van der Waals surface area contributed by atoms with E-state index in [1.54, 1.807) is 4.90 Å². The van der Waals surface area contributed by atoms with Crippen molar-refractivity contribution in [1.82, 2.24) is 4.90 Å². The molecule has 2 aromatic rings. The number of anilines is 2. The molecule has 4 rings (SSSR count). The van der Waals surface area contributed by atoms with Crippen molar-refractivity contribution in [3.63, 3.8) is 0 Å². The first kappa shape index (κ1) is 17.7. The van der Waals surface area contributed by atoms with Crippen LogP contribution in [0.15, 0.2) is 48.5 Å². The number of carbonyl (C=O) groups is 2. The Kier molecular flexibility index (Phi) is 5.21. The molecule has 2 amide bonds. The normalized spacial score (nSPS) is 17.5. The lowest BCUT2D eigenvalue weighted by molar-refractivity contribution is -0.117. The van der Waals surface area contributed by atoms with Crippen molar-refractivity contribution in [2.24, 2.45) is 0 Å². The second-order valence-electron chi connectivity index (χ2n) is 7.33. The van der Waals surface area contributed by atoms with Crippen molar-refractivity contribution < 1.29 is 9.59 Å². The highest BCUT2D eigenvalue weighted by Crippen LogP contribution is 2.23. The number of nitrogens with one attached hydrogen (secondary N) is 1. The van der Waals surface area contributed by atoms with Gasteiger partial charge >= 0.3 is 0 Å². The first-order chi connectivity index (χ1) is 13.2. The summed E-state index contributed by atoms with van der Waals surface area (Å²) in [6, 6.07) is 15.3. The minimum Gasteiger partial charge on any atom is -0.322 e. The Morgan fingerprint density at radius 3 is 2.22 bits per heavy atom. The molecule has 0 aliphatic carbocycles. The molecule has 0 saturated carbocycles. The highest BCUT2D eigenvalue weighted by atomic mass is 16.2. The lowest BCUT2D eigenvalue weighted by Crippen LogP contribution is -2.23. The van der Waals surface area contributed by atoms with Gasteiger partial charge in [-0.1, -0.05) is 12.1 Å². The molecule has 0 radical (unpaired) electrons. The number of hydrogen-bond donors (Lipinski definition) is 1. The molecule has 0 spiro atoms. The molecule has 2 aromatic carbocycles. The van der Waals surface area contributed by atoms with E-state index in [0.29, 0.717) is 12.0 Å². The second kappa shape index (κ2) is 7.92. The van der Waals surface area contributed by atoms with Gasteiger partial charge in [0, 0.05) is 36.4 Å². The summed E-state index contributed by atoms with van der Waals surface area (Å²) in [7, 11) is 0. The summed E-state index contributed by atoms with van der Waals surface area (Å²) in [6.45, 7) is 4.06. The number of amides is 2. The predicted octanol–water partition coefficient (Wildman–Crippen LogP) is 3.66. The summed E-state index contributed by atoms with van der Waals surface area (Å²) < 4.78 is 0. The fraction of sp³-hybridized carbons (Fsp3) is 0.364. The van der Waals surface area contributed by atoms with Crippen molar-refractivity contribution in [2.45, 2.75) is 32.2 Å². The molecule has 2 aliphatic heterocycles. The molecule has 0 atom stereocenters. The van der Waals surface area contributed by atoms with E-state index in [9.17, 15) is 9.59 Å². The van der Waals surface area contributed by atoms with Gasteiger partial charge in [0.15, 0.2) is 0 Å². The van der Waals surface area contributed by atoms with Gasteiger partial charge in [-0.15, -0.1) is 0 Å². The van der Waals surface area contributed by atoms with Crippen LogP contribution in [-0.2, 0) is 11.3 Å². The van der Waals surface area contributed by atoms with E-state index in [2.05, 4.69) is 10.2 Å². The number of rotatable bonds is 5. The second-order valence-corrected chi connectivity index (χ2v) is 7.33. The molecule has 5 nitrogen and oxygen atoms in total. The Morgan fingerprint density at radius 2 is 1.59 bits per heavy atom. The smallest absolute Gasteiger partial charge is 0.255 e. The maximum absolute atomic E-state index is 12.5. The zero-order chi connectivity index (χ0) is 18.6. The van der Waals surface area contributed by atoms with Crippen molar-refractivity contribution in [1.29, 1.82) is 0 Å². The Hall–Kier alpha value is -2.66. The molecular weight excluding hydrogens is 338 g/mol. The Balaban J connectivity index is 1.36. The lowest BCUT2D eigenvalue weighted by Gasteiger charge is -2.16. The summed E-state index contributed by atoms with van der Waals surface area (Å²) in [5, 5.41) is 2.93. The lowest BCUT2D eigenvalue weighted by atomic mass is 10.1. The molecule has 2 fully saturated rings. The van der Waals surface area contributed by atoms with Crippen LogP contribution in [0.3, 0.4) is 0 Å². The third-order valence-electron chi connectivity index (χ3n) is 5.33. The summed E-state index contributed by atoms with van der Waals surface area (Å²) in [5.41, 5.74) is 3.52. The monoisotopic (exact) mass is 363 g/mol. The van der Waals surface area contributed by atoms with E-state index in [1.807, 2.05) is 48.5 Å². The van der Waals surface area contributed by atoms with E-state index < -0.39 is 0 Å². The maximum atomic E-state index is 12.5. The molecule has 0 unspecified atom stereocenters. The SMILES string of the molecule is O=C(Nc1ccc(N2CCCC2=O)cc1)c1ccc(CN2CCCC2)cc1. The Bertz CT molecular complexity index is 808. The van der Waals surface area contributed by atoms with Gasteiger partial charge in [-0.25, -0.2) is 0 Å². The first-order valence-corrected chi connectivity index (χ1v) is 9.72. The van der Waals surface area contributed by atoms with Crippen molar-refractivity contribution >= 4 is 23.2 Å². The van der Waals surface area contributed by atoms with Crippen LogP contribution in [0.25, 0.3) is 0 Å². The summed E-state index contributed by atoms with van der Waals surface area (Å²) in [6.07, 6.45) is 4.09. The van der Waals surface area contributed by atoms with Crippen LogP contribution in [0.5, 0.6) is 0 Å². The predicted molar refractivity (Wildman–Crippen MR) is 107 cm³/mol. The molecule has 140 valence electrons. The largest absolute Gasteiger partial charge is 0.322 e. The molecule has 1 N–H and O–H groups in total. The maximum Gasteiger partial charge on any atom is 0.255 e. The van der Waals surface area contributed by atoms with Gasteiger partial charge in [-0.3, -0.25) is 14.5 Å². The van der Waals surface area contributed by atoms with Crippen molar-refractivity contribution in [3.8, 4) is 0 Å². The molecule has 0 aromatic heterocycles. The van der Waals surface area contributed by atoms with Gasteiger partial charge in [-0.05, 0) is 74.3 Å². The van der Waals surface area contributed by atoms with E-state index in [0.717, 1.165) is 30.9 Å². The van der Waals surface area contributed by atoms with Crippen LogP contribution >= 0.6 is 0 Å². The van der Waals surface area contributed by atoms with Gasteiger partial charge in [-0.2, -0.15) is 0 Å². The zero-order valence-corrected chi connectivity index (χ0v) is 15.5. The zero-order valence-electron chi connectivity index (χ0n) is 15.5. The van der Waals surface area contributed by atoms with Crippen LogP contribution in [0.2, 0.25) is 0 Å². The number of benzene rings is 2. The molecule has 2 aliphatic rings. The summed E-state index contributed by atoms with van der Waals surface area (Å²) in [5.74, 6) is 0.0496. The van der Waals surface area contributed by atoms with Crippen molar-refractivity contribution in [2.75, 3.05) is 29.9 Å². The number of likely N-dealkylation sites (tertiary alicyclic amines) is 1. The third-order valence-corrected chi connectivity index (χ3v) is 5.33. The Labute approximate surface area is 160 Å². The van der Waals surface area contributed by atoms with Crippen molar-refractivity contribution in [3.05, 3.63) is 59.7 Å². The fourth-order valence-corrected chi connectivity index (χ4v) is 3.81.